The van der Waals surface area contributed by atoms with Gasteiger partial charge in [0, 0.05) is 43.9 Å². The van der Waals surface area contributed by atoms with E-state index in [1.807, 2.05) is 13.8 Å². The molecule has 0 radical (unpaired) electrons. The van der Waals surface area contributed by atoms with Gasteiger partial charge in [-0.3, -0.25) is 19.9 Å². The minimum Gasteiger partial charge on any atom is -0.383 e. The van der Waals surface area contributed by atoms with Crippen LogP contribution in [0.2, 0.25) is 0 Å². The molecule has 1 atom stereocenters. The van der Waals surface area contributed by atoms with Crippen molar-refractivity contribution in [2.75, 3.05) is 14.1 Å². The number of nitro benzene ring substituents is 1. The molecule has 0 amide bonds. The topological polar surface area (TPSA) is 116 Å². The van der Waals surface area contributed by atoms with Gasteiger partial charge in [0.2, 0.25) is 0 Å². The van der Waals surface area contributed by atoms with Gasteiger partial charge in [-0.1, -0.05) is 26.0 Å². The highest BCUT2D eigenvalue weighted by atomic mass is 16.6. The number of non-ortho nitro benzene ring substituents is 1. The van der Waals surface area contributed by atoms with Crippen LogP contribution >= 0.6 is 0 Å². The molecule has 2 aliphatic rings. The van der Waals surface area contributed by atoms with Crippen LogP contribution in [0.25, 0.3) is 0 Å². The number of nitrogens with two attached hydrogens (primary N) is 1. The fourth-order valence-electron chi connectivity index (χ4n) is 4.10. The van der Waals surface area contributed by atoms with Crippen molar-refractivity contribution in [1.82, 2.24) is 10.0 Å². The third-order valence-corrected chi connectivity index (χ3v) is 5.17. The van der Waals surface area contributed by atoms with Gasteiger partial charge < -0.3 is 5.73 Å². The summed E-state index contributed by atoms with van der Waals surface area (Å²) in [5, 5.41) is 24.5. The van der Waals surface area contributed by atoms with Gasteiger partial charge in [-0.2, -0.15) is 5.26 Å². The Morgan fingerprint density at radius 3 is 2.61 bits per heavy atom. The number of benzene rings is 1. The Hall–Kier alpha value is -3.18. The fraction of sp³-hybridized carbons (Fsp3) is 0.400. The standard InChI is InChI=1S/C20H23N5O3/c1-20(2)9-15-18(16(26)10-20)17(12-6-5-7-13(8-12)25(27)28)14(11-21)19(22)24(15)23(3)4/h5-8,17H,9-10,22H2,1-4H3/t17-/m1/s1. The van der Waals surface area contributed by atoms with Crippen molar-refractivity contribution in [2.45, 2.75) is 32.6 Å². The molecule has 1 aliphatic carbocycles. The van der Waals surface area contributed by atoms with E-state index in [0.717, 1.165) is 5.70 Å². The molecular formula is C20H23N5O3. The van der Waals surface area contributed by atoms with Crippen LogP contribution in [0.15, 0.2) is 46.9 Å². The number of nitrogens with zero attached hydrogens (tertiary/aromatic N) is 4. The summed E-state index contributed by atoms with van der Waals surface area (Å²) in [4.78, 5) is 23.9. The Balaban J connectivity index is 2.29. The largest absolute Gasteiger partial charge is 0.383 e. The molecule has 0 saturated heterocycles. The van der Waals surface area contributed by atoms with E-state index < -0.39 is 10.8 Å². The van der Waals surface area contributed by atoms with Crippen LogP contribution in [0.5, 0.6) is 0 Å². The molecule has 28 heavy (non-hydrogen) atoms. The van der Waals surface area contributed by atoms with E-state index in [2.05, 4.69) is 6.07 Å². The zero-order chi connectivity index (χ0) is 20.8. The Morgan fingerprint density at radius 1 is 1.36 bits per heavy atom. The van der Waals surface area contributed by atoms with E-state index in [1.165, 1.54) is 12.1 Å². The lowest BCUT2D eigenvalue weighted by Gasteiger charge is -2.45. The van der Waals surface area contributed by atoms with Gasteiger partial charge in [-0.25, -0.2) is 5.01 Å². The Morgan fingerprint density at radius 2 is 2.04 bits per heavy atom. The molecule has 0 bridgehead atoms. The fourth-order valence-corrected chi connectivity index (χ4v) is 4.10. The maximum absolute atomic E-state index is 13.2. The number of rotatable bonds is 3. The third kappa shape index (κ3) is 3.14. The van der Waals surface area contributed by atoms with Crippen LogP contribution in [0.3, 0.4) is 0 Å². The van der Waals surface area contributed by atoms with Gasteiger partial charge in [0.05, 0.1) is 22.5 Å². The van der Waals surface area contributed by atoms with Crippen molar-refractivity contribution >= 4 is 11.5 Å². The number of carbonyl (C=O) groups excluding carboxylic acids is 1. The molecular weight excluding hydrogens is 358 g/mol. The second-order valence-electron chi connectivity index (χ2n) is 8.16. The average Bonchev–Trinajstić information content (AvgIpc) is 2.59. The molecule has 8 heteroatoms. The maximum Gasteiger partial charge on any atom is 0.269 e. The summed E-state index contributed by atoms with van der Waals surface area (Å²) >= 11 is 0. The minimum atomic E-state index is -0.709. The van der Waals surface area contributed by atoms with Gasteiger partial charge in [-0.15, -0.1) is 0 Å². The second kappa shape index (κ2) is 6.77. The number of nitriles is 1. The highest BCUT2D eigenvalue weighted by Crippen LogP contribution is 2.49. The van der Waals surface area contributed by atoms with Crippen molar-refractivity contribution in [3.05, 3.63) is 62.6 Å². The molecule has 1 aliphatic heterocycles. The SMILES string of the molecule is CN(C)N1C(N)=C(C#N)[C@@H](c2cccc([N+](=O)[O-])c2)C2=C1CC(C)(C)CC2=O. The first-order valence-electron chi connectivity index (χ1n) is 8.95. The Bertz CT molecular complexity index is 968. The molecule has 1 heterocycles. The molecule has 0 aromatic heterocycles. The van der Waals surface area contributed by atoms with E-state index in [0.29, 0.717) is 24.0 Å². The van der Waals surface area contributed by atoms with Crippen molar-refractivity contribution in [3.63, 3.8) is 0 Å². The third-order valence-electron chi connectivity index (χ3n) is 5.17. The molecule has 0 fully saturated rings. The van der Waals surface area contributed by atoms with Crippen molar-refractivity contribution in [1.29, 1.82) is 5.26 Å². The summed E-state index contributed by atoms with van der Waals surface area (Å²) < 4.78 is 0. The smallest absolute Gasteiger partial charge is 0.269 e. The second-order valence-corrected chi connectivity index (χ2v) is 8.16. The summed E-state index contributed by atoms with van der Waals surface area (Å²) in [6.07, 6.45) is 0.953. The van der Waals surface area contributed by atoms with Crippen molar-refractivity contribution in [2.24, 2.45) is 11.1 Å². The molecule has 2 N–H and O–H groups in total. The van der Waals surface area contributed by atoms with Crippen molar-refractivity contribution < 1.29 is 9.72 Å². The summed E-state index contributed by atoms with van der Waals surface area (Å²) in [5.74, 6) is -0.525. The maximum atomic E-state index is 13.2. The Kier molecular flexibility index (Phi) is 4.73. The van der Waals surface area contributed by atoms with Gasteiger partial charge in [0.15, 0.2) is 5.78 Å². The predicted molar refractivity (Wildman–Crippen MR) is 103 cm³/mol. The summed E-state index contributed by atoms with van der Waals surface area (Å²) in [7, 11) is 3.60. The molecule has 0 saturated carbocycles. The van der Waals surface area contributed by atoms with Crippen LogP contribution in [-0.2, 0) is 4.79 Å². The highest BCUT2D eigenvalue weighted by Gasteiger charge is 2.45. The first kappa shape index (κ1) is 19.6. The number of ketones is 1. The molecule has 1 aromatic rings. The van der Waals surface area contributed by atoms with Crippen LogP contribution < -0.4 is 5.73 Å². The molecule has 8 nitrogen and oxygen atoms in total. The number of hydrazine groups is 1. The lowest BCUT2D eigenvalue weighted by molar-refractivity contribution is -0.384. The van der Waals surface area contributed by atoms with Crippen molar-refractivity contribution in [3.8, 4) is 6.07 Å². The number of Topliss-reactive ketones (excluding diaryl/α,β-unsaturated/α-hetero) is 1. The summed E-state index contributed by atoms with van der Waals surface area (Å²) in [6.45, 7) is 4.04. The van der Waals surface area contributed by atoms with Gasteiger partial charge in [0.1, 0.15) is 5.82 Å². The zero-order valence-corrected chi connectivity index (χ0v) is 16.4. The summed E-state index contributed by atoms with van der Waals surface area (Å²) in [6, 6.07) is 8.21. The van der Waals surface area contributed by atoms with Crippen LogP contribution in [0.4, 0.5) is 5.69 Å². The van der Waals surface area contributed by atoms with E-state index in [-0.39, 0.29) is 28.3 Å². The molecule has 0 unspecified atom stereocenters. The lowest BCUT2D eigenvalue weighted by atomic mass is 9.69. The Labute approximate surface area is 163 Å². The van der Waals surface area contributed by atoms with Gasteiger partial charge in [0.25, 0.3) is 5.69 Å². The molecule has 0 spiro atoms. The van der Waals surface area contributed by atoms with E-state index >= 15 is 0 Å². The van der Waals surface area contributed by atoms with E-state index in [9.17, 15) is 20.2 Å². The van der Waals surface area contributed by atoms with Crippen LogP contribution in [-0.4, -0.2) is 34.8 Å². The number of nitro groups is 1. The molecule has 1 aromatic carbocycles. The normalized spacial score (nSPS) is 21.6. The van der Waals surface area contributed by atoms with Gasteiger partial charge >= 0.3 is 0 Å². The van der Waals surface area contributed by atoms with E-state index in [1.54, 1.807) is 36.2 Å². The van der Waals surface area contributed by atoms with Crippen LogP contribution in [0, 0.1) is 26.9 Å². The lowest BCUT2D eigenvalue weighted by Crippen LogP contribution is -2.47. The molecule has 3 rings (SSSR count). The predicted octanol–water partition coefficient (Wildman–Crippen LogP) is 2.81. The zero-order valence-electron chi connectivity index (χ0n) is 16.4. The highest BCUT2D eigenvalue weighted by molar-refractivity contribution is 6.00. The number of allylic oxidation sites excluding steroid dienone is 3. The van der Waals surface area contributed by atoms with Gasteiger partial charge in [-0.05, 0) is 17.4 Å². The monoisotopic (exact) mass is 381 g/mol. The quantitative estimate of drug-likeness (QED) is 0.632. The summed E-state index contributed by atoms with van der Waals surface area (Å²) in [5.41, 5.74) is 8.02. The molecule has 146 valence electrons. The number of hydrogen-bond donors (Lipinski definition) is 1. The first-order chi connectivity index (χ1) is 13.1. The van der Waals surface area contributed by atoms with Crippen LogP contribution in [0.1, 0.15) is 38.2 Å². The number of carbonyl (C=O) groups is 1. The minimum absolute atomic E-state index is 0.0603. The average molecular weight is 381 g/mol. The first-order valence-corrected chi connectivity index (χ1v) is 8.95. The van der Waals surface area contributed by atoms with E-state index in [4.69, 9.17) is 5.73 Å². The number of hydrogen-bond acceptors (Lipinski definition) is 7.